The van der Waals surface area contributed by atoms with Crippen molar-refractivity contribution in [3.05, 3.63) is 53.9 Å². The van der Waals surface area contributed by atoms with Crippen molar-refractivity contribution in [2.75, 3.05) is 31.1 Å². The summed E-state index contributed by atoms with van der Waals surface area (Å²) in [7, 11) is 0. The van der Waals surface area contributed by atoms with Crippen LogP contribution in [-0.2, 0) is 6.54 Å². The molecule has 1 aliphatic rings. The Morgan fingerprint density at radius 2 is 1.96 bits per heavy atom. The summed E-state index contributed by atoms with van der Waals surface area (Å²) in [6, 6.07) is 7.01. The van der Waals surface area contributed by atoms with Crippen molar-refractivity contribution in [2.24, 2.45) is 0 Å². The van der Waals surface area contributed by atoms with E-state index < -0.39 is 0 Å². The lowest BCUT2D eigenvalue weighted by molar-refractivity contribution is 0.281. The van der Waals surface area contributed by atoms with Crippen LogP contribution in [0.2, 0.25) is 0 Å². The van der Waals surface area contributed by atoms with Crippen molar-refractivity contribution in [1.82, 2.24) is 24.5 Å². The summed E-state index contributed by atoms with van der Waals surface area (Å²) in [6.07, 6.45) is 4.68. The van der Waals surface area contributed by atoms with Crippen LogP contribution in [-0.4, -0.2) is 50.7 Å². The van der Waals surface area contributed by atoms with Gasteiger partial charge in [0.2, 0.25) is 5.65 Å². The normalized spacial score (nSPS) is 16.3. The van der Waals surface area contributed by atoms with E-state index in [1.165, 1.54) is 6.07 Å². The van der Waals surface area contributed by atoms with Crippen LogP contribution in [0.15, 0.2) is 36.7 Å². The summed E-state index contributed by atoms with van der Waals surface area (Å²) < 4.78 is 15.9. The predicted molar refractivity (Wildman–Crippen MR) is 94.0 cm³/mol. The van der Waals surface area contributed by atoms with Crippen molar-refractivity contribution in [1.29, 1.82) is 0 Å². The second-order valence-corrected chi connectivity index (χ2v) is 6.40. The van der Waals surface area contributed by atoms with E-state index in [1.807, 2.05) is 29.7 Å². The number of benzene rings is 1. The number of aryl methyl sites for hydroxylation is 1. The molecule has 0 atom stereocenters. The van der Waals surface area contributed by atoms with Crippen LogP contribution in [0.5, 0.6) is 0 Å². The molecule has 0 amide bonds. The van der Waals surface area contributed by atoms with Gasteiger partial charge in [-0.05, 0) is 19.4 Å². The van der Waals surface area contributed by atoms with E-state index in [0.29, 0.717) is 6.54 Å². The second kappa shape index (κ2) is 6.76. The third-order valence-electron chi connectivity index (χ3n) is 4.72. The minimum Gasteiger partial charge on any atom is -0.352 e. The largest absolute Gasteiger partial charge is 0.352 e. The molecule has 1 fully saturated rings. The van der Waals surface area contributed by atoms with Crippen LogP contribution in [0.3, 0.4) is 0 Å². The van der Waals surface area contributed by atoms with Crippen LogP contribution in [0, 0.1) is 12.7 Å². The van der Waals surface area contributed by atoms with Crippen LogP contribution < -0.4 is 4.90 Å². The summed E-state index contributed by atoms with van der Waals surface area (Å²) in [4.78, 5) is 9.09. The maximum Gasteiger partial charge on any atom is 0.203 e. The summed E-state index contributed by atoms with van der Waals surface area (Å²) >= 11 is 0. The lowest BCUT2D eigenvalue weighted by Gasteiger charge is -2.23. The van der Waals surface area contributed by atoms with Crippen molar-refractivity contribution in [3.8, 4) is 0 Å². The van der Waals surface area contributed by atoms with Gasteiger partial charge in [0, 0.05) is 50.7 Å². The highest BCUT2D eigenvalue weighted by atomic mass is 19.1. The van der Waals surface area contributed by atoms with Crippen LogP contribution in [0.25, 0.3) is 5.65 Å². The fourth-order valence-electron chi connectivity index (χ4n) is 3.36. The summed E-state index contributed by atoms with van der Waals surface area (Å²) in [5, 5.41) is 8.42. The fraction of sp³-hybridized carbons (Fsp3) is 0.389. The molecule has 3 heterocycles. The molecule has 1 saturated heterocycles. The van der Waals surface area contributed by atoms with E-state index in [0.717, 1.165) is 55.5 Å². The van der Waals surface area contributed by atoms with Crippen molar-refractivity contribution >= 4 is 11.5 Å². The molecule has 0 spiro atoms. The van der Waals surface area contributed by atoms with Crippen LogP contribution in [0.1, 0.15) is 17.8 Å². The zero-order chi connectivity index (χ0) is 17.2. The molecule has 2 aromatic heterocycles. The van der Waals surface area contributed by atoms with Gasteiger partial charge in [-0.25, -0.2) is 9.37 Å². The number of hydrogen-bond donors (Lipinski definition) is 0. The molecule has 1 aliphatic heterocycles. The number of hydrogen-bond acceptors (Lipinski definition) is 5. The third-order valence-corrected chi connectivity index (χ3v) is 4.72. The number of fused-ring (bicyclic) bond motifs is 1. The average molecular weight is 340 g/mol. The lowest BCUT2D eigenvalue weighted by atomic mass is 10.2. The smallest absolute Gasteiger partial charge is 0.203 e. The van der Waals surface area contributed by atoms with Gasteiger partial charge in [0.1, 0.15) is 11.6 Å². The summed E-state index contributed by atoms with van der Waals surface area (Å²) in [5.74, 6) is 1.60. The zero-order valence-corrected chi connectivity index (χ0v) is 14.3. The number of aromatic nitrogens is 4. The van der Waals surface area contributed by atoms with Crippen LogP contribution >= 0.6 is 0 Å². The quantitative estimate of drug-likeness (QED) is 0.732. The van der Waals surface area contributed by atoms with E-state index in [4.69, 9.17) is 0 Å². The SMILES string of the molecule is Cc1nnc2c(N3CCCN(Cc4ccccc4F)CC3)nccn12. The first-order chi connectivity index (χ1) is 12.2. The van der Waals surface area contributed by atoms with Crippen molar-refractivity contribution in [3.63, 3.8) is 0 Å². The number of rotatable bonds is 3. The summed E-state index contributed by atoms with van der Waals surface area (Å²) in [6.45, 7) is 6.13. The highest BCUT2D eigenvalue weighted by molar-refractivity contribution is 5.63. The van der Waals surface area contributed by atoms with Crippen molar-refractivity contribution < 1.29 is 4.39 Å². The van der Waals surface area contributed by atoms with Gasteiger partial charge in [0.15, 0.2) is 5.82 Å². The van der Waals surface area contributed by atoms with Gasteiger partial charge < -0.3 is 4.90 Å². The Labute approximate surface area is 145 Å². The van der Waals surface area contributed by atoms with E-state index in [1.54, 1.807) is 12.3 Å². The zero-order valence-electron chi connectivity index (χ0n) is 14.3. The molecule has 0 unspecified atom stereocenters. The molecular formula is C18H21FN6. The second-order valence-electron chi connectivity index (χ2n) is 6.40. The minimum absolute atomic E-state index is 0.131. The van der Waals surface area contributed by atoms with Gasteiger partial charge in [-0.2, -0.15) is 0 Å². The molecule has 0 N–H and O–H groups in total. The van der Waals surface area contributed by atoms with Crippen molar-refractivity contribution in [2.45, 2.75) is 19.9 Å². The van der Waals surface area contributed by atoms with E-state index in [-0.39, 0.29) is 5.82 Å². The monoisotopic (exact) mass is 340 g/mol. The van der Waals surface area contributed by atoms with E-state index in [2.05, 4.69) is 25.0 Å². The molecule has 6 nitrogen and oxygen atoms in total. The van der Waals surface area contributed by atoms with Gasteiger partial charge in [-0.1, -0.05) is 18.2 Å². The average Bonchev–Trinajstić information content (AvgIpc) is 2.86. The Balaban J connectivity index is 1.50. The molecular weight excluding hydrogens is 319 g/mol. The molecule has 0 saturated carbocycles. The molecule has 1 aromatic carbocycles. The fourth-order valence-corrected chi connectivity index (χ4v) is 3.36. The Bertz CT molecular complexity index is 877. The van der Waals surface area contributed by atoms with Gasteiger partial charge >= 0.3 is 0 Å². The highest BCUT2D eigenvalue weighted by Gasteiger charge is 2.20. The molecule has 7 heteroatoms. The van der Waals surface area contributed by atoms with Gasteiger partial charge in [0.25, 0.3) is 0 Å². The first kappa shape index (κ1) is 16.0. The Kier molecular flexibility index (Phi) is 4.31. The van der Waals surface area contributed by atoms with E-state index in [9.17, 15) is 4.39 Å². The number of anilines is 1. The summed E-state index contributed by atoms with van der Waals surface area (Å²) in [5.41, 5.74) is 1.55. The van der Waals surface area contributed by atoms with Crippen LogP contribution in [0.4, 0.5) is 10.2 Å². The lowest BCUT2D eigenvalue weighted by Crippen LogP contribution is -2.31. The molecule has 0 radical (unpaired) electrons. The van der Waals surface area contributed by atoms with Gasteiger partial charge in [-0.3, -0.25) is 9.30 Å². The van der Waals surface area contributed by atoms with Gasteiger partial charge in [0.05, 0.1) is 0 Å². The Morgan fingerprint density at radius 3 is 2.84 bits per heavy atom. The Hall–Kier alpha value is -2.54. The molecule has 0 bridgehead atoms. The maximum atomic E-state index is 13.9. The van der Waals surface area contributed by atoms with E-state index >= 15 is 0 Å². The molecule has 130 valence electrons. The first-order valence-corrected chi connectivity index (χ1v) is 8.59. The topological polar surface area (TPSA) is 49.6 Å². The maximum absolute atomic E-state index is 13.9. The number of halogens is 1. The molecule has 3 aromatic rings. The first-order valence-electron chi connectivity index (χ1n) is 8.59. The molecule has 4 rings (SSSR count). The standard InChI is InChI=1S/C18H21FN6/c1-14-21-22-18-17(20-7-10-25(14)18)24-9-4-8-23(11-12-24)13-15-5-2-3-6-16(15)19/h2-3,5-7,10H,4,8-9,11-13H2,1H3. The Morgan fingerprint density at radius 1 is 1.08 bits per heavy atom. The predicted octanol–water partition coefficient (Wildman–Crippen LogP) is 2.28. The highest BCUT2D eigenvalue weighted by Crippen LogP contribution is 2.20. The van der Waals surface area contributed by atoms with Gasteiger partial charge in [-0.15, -0.1) is 10.2 Å². The molecule has 0 aliphatic carbocycles. The third kappa shape index (κ3) is 3.19. The molecule has 25 heavy (non-hydrogen) atoms. The minimum atomic E-state index is -0.131. The number of nitrogens with zero attached hydrogens (tertiary/aromatic N) is 6.